The van der Waals surface area contributed by atoms with E-state index in [9.17, 15) is 9.90 Å². The Bertz CT molecular complexity index is 1310. The maximum absolute atomic E-state index is 12.3. The second-order valence-electron chi connectivity index (χ2n) is 8.36. The summed E-state index contributed by atoms with van der Waals surface area (Å²) in [5.74, 6) is 1.05. The Kier molecular flexibility index (Phi) is 7.08. The molecule has 4 rings (SSSR count). The zero-order chi connectivity index (χ0) is 24.1. The average molecular weight is 457 g/mol. The van der Waals surface area contributed by atoms with Crippen molar-refractivity contribution >= 4 is 22.6 Å². The van der Waals surface area contributed by atoms with E-state index in [4.69, 9.17) is 0 Å². The number of fused-ring (bicyclic) bond motifs is 1. The zero-order valence-electron chi connectivity index (χ0n) is 19.5. The summed E-state index contributed by atoms with van der Waals surface area (Å²) < 4.78 is 0. The van der Waals surface area contributed by atoms with Gasteiger partial charge in [0.25, 0.3) is 5.91 Å². The van der Waals surface area contributed by atoms with Crippen LogP contribution in [0.3, 0.4) is 0 Å². The quantitative estimate of drug-likeness (QED) is 0.370. The lowest BCUT2D eigenvalue weighted by atomic mass is 9.87. The van der Waals surface area contributed by atoms with Gasteiger partial charge in [-0.15, -0.1) is 0 Å². The van der Waals surface area contributed by atoms with Crippen LogP contribution in [-0.4, -0.2) is 44.5 Å². The van der Waals surface area contributed by atoms with Gasteiger partial charge in [-0.25, -0.2) is 9.97 Å². The van der Waals surface area contributed by atoms with Crippen LogP contribution >= 0.6 is 0 Å². The van der Waals surface area contributed by atoms with Gasteiger partial charge in [-0.2, -0.15) is 0 Å². The van der Waals surface area contributed by atoms with Gasteiger partial charge in [0.1, 0.15) is 12.1 Å². The lowest BCUT2D eigenvalue weighted by Crippen LogP contribution is -2.19. The van der Waals surface area contributed by atoms with E-state index >= 15 is 0 Å². The van der Waals surface area contributed by atoms with Crippen molar-refractivity contribution in [3.63, 3.8) is 0 Å². The van der Waals surface area contributed by atoms with Crippen molar-refractivity contribution in [3.8, 4) is 11.3 Å². The number of amides is 1. The largest absolute Gasteiger partial charge is 0.392 e. The van der Waals surface area contributed by atoms with E-state index in [2.05, 4.69) is 50.5 Å². The van der Waals surface area contributed by atoms with Crippen LogP contribution < -0.4 is 10.6 Å². The highest BCUT2D eigenvalue weighted by atomic mass is 16.3. The smallest absolute Gasteiger partial charge is 0.251 e. The van der Waals surface area contributed by atoms with Crippen LogP contribution in [0.25, 0.3) is 22.2 Å². The summed E-state index contributed by atoms with van der Waals surface area (Å²) >= 11 is 0. The molecule has 1 aromatic carbocycles. The number of carbonyl (C=O) groups excluding carboxylic acids is 1. The Morgan fingerprint density at radius 2 is 1.94 bits per heavy atom. The predicted octanol–water partition coefficient (Wildman–Crippen LogP) is 3.79. The van der Waals surface area contributed by atoms with E-state index in [-0.39, 0.29) is 24.3 Å². The maximum atomic E-state index is 12.3. The molecule has 0 aliphatic rings. The van der Waals surface area contributed by atoms with E-state index < -0.39 is 0 Å². The van der Waals surface area contributed by atoms with Crippen LogP contribution in [0.5, 0.6) is 0 Å². The average Bonchev–Trinajstić information content (AvgIpc) is 2.90. The number of anilines is 1. The number of para-hydroxylation sites is 1. The van der Waals surface area contributed by atoms with Crippen LogP contribution in [0.15, 0.2) is 61.3 Å². The highest BCUT2D eigenvalue weighted by Crippen LogP contribution is 2.31. The summed E-state index contributed by atoms with van der Waals surface area (Å²) in [4.78, 5) is 29.8. The molecule has 0 spiro atoms. The molecule has 8 heteroatoms. The molecule has 0 aliphatic carbocycles. The molecule has 0 aliphatic heterocycles. The third-order valence-electron chi connectivity index (χ3n) is 6.16. The van der Waals surface area contributed by atoms with Crippen LogP contribution in [0.2, 0.25) is 0 Å². The van der Waals surface area contributed by atoms with E-state index in [0.717, 1.165) is 39.1 Å². The van der Waals surface area contributed by atoms with Gasteiger partial charge in [0.2, 0.25) is 0 Å². The van der Waals surface area contributed by atoms with Gasteiger partial charge in [-0.05, 0) is 35.1 Å². The van der Waals surface area contributed by atoms with Crippen LogP contribution in [0.4, 0.5) is 5.82 Å². The molecule has 1 unspecified atom stereocenters. The minimum absolute atomic E-state index is 0.0694. The second-order valence-corrected chi connectivity index (χ2v) is 8.36. The summed E-state index contributed by atoms with van der Waals surface area (Å²) in [7, 11) is 1.63. The van der Waals surface area contributed by atoms with E-state index in [1.165, 1.54) is 6.33 Å². The Hall–Kier alpha value is -3.91. The number of benzene rings is 1. The van der Waals surface area contributed by atoms with Crippen molar-refractivity contribution in [2.75, 3.05) is 18.9 Å². The SMILES string of the molecule is CNC(=O)c1ccnc2c(C(C)[C@H](C)CNc3cc(-c4cncc(CO)c4)ncn3)cccc12. The first-order chi connectivity index (χ1) is 16.5. The minimum atomic E-state index is -0.119. The highest BCUT2D eigenvalue weighted by molar-refractivity contribution is 6.06. The number of hydrogen-bond acceptors (Lipinski definition) is 7. The molecule has 0 radical (unpaired) electrons. The number of aromatic nitrogens is 4. The topological polar surface area (TPSA) is 113 Å². The van der Waals surface area contributed by atoms with E-state index in [1.807, 2.05) is 24.3 Å². The maximum Gasteiger partial charge on any atom is 0.251 e. The minimum Gasteiger partial charge on any atom is -0.392 e. The van der Waals surface area contributed by atoms with Crippen LogP contribution in [-0.2, 0) is 6.61 Å². The molecule has 0 bridgehead atoms. The number of aliphatic hydroxyl groups is 1. The van der Waals surface area contributed by atoms with Gasteiger partial charge in [0.05, 0.1) is 23.4 Å². The van der Waals surface area contributed by atoms with Gasteiger partial charge in [-0.3, -0.25) is 14.8 Å². The molecule has 0 saturated heterocycles. The highest BCUT2D eigenvalue weighted by Gasteiger charge is 2.19. The number of pyridine rings is 2. The van der Waals surface area contributed by atoms with E-state index in [0.29, 0.717) is 12.1 Å². The van der Waals surface area contributed by atoms with Gasteiger partial charge in [0.15, 0.2) is 0 Å². The molecule has 34 heavy (non-hydrogen) atoms. The van der Waals surface area contributed by atoms with Crippen LogP contribution in [0, 0.1) is 5.92 Å². The molecule has 0 saturated carbocycles. The number of aliphatic hydroxyl groups excluding tert-OH is 1. The van der Waals surface area contributed by atoms with Crippen molar-refractivity contribution in [2.24, 2.45) is 5.92 Å². The fraction of sp³-hybridized carbons (Fsp3) is 0.269. The Morgan fingerprint density at radius 1 is 1.09 bits per heavy atom. The molecule has 0 fully saturated rings. The summed E-state index contributed by atoms with van der Waals surface area (Å²) in [6.45, 7) is 4.97. The molecule has 8 nitrogen and oxygen atoms in total. The molecular weight excluding hydrogens is 428 g/mol. The number of rotatable bonds is 8. The van der Waals surface area contributed by atoms with Crippen molar-refractivity contribution in [2.45, 2.75) is 26.4 Å². The first kappa shape index (κ1) is 23.3. The van der Waals surface area contributed by atoms with Crippen molar-refractivity contribution in [1.29, 1.82) is 0 Å². The van der Waals surface area contributed by atoms with E-state index in [1.54, 1.807) is 31.7 Å². The van der Waals surface area contributed by atoms with Crippen molar-refractivity contribution < 1.29 is 9.90 Å². The Balaban J connectivity index is 1.51. The molecule has 4 aromatic rings. The number of hydrogen-bond donors (Lipinski definition) is 3. The first-order valence-corrected chi connectivity index (χ1v) is 11.2. The second kappa shape index (κ2) is 10.4. The fourth-order valence-corrected chi connectivity index (χ4v) is 3.97. The molecule has 1 amide bonds. The monoisotopic (exact) mass is 456 g/mol. The molecule has 174 valence electrons. The third-order valence-corrected chi connectivity index (χ3v) is 6.16. The third kappa shape index (κ3) is 4.87. The van der Waals surface area contributed by atoms with Gasteiger partial charge >= 0.3 is 0 Å². The van der Waals surface area contributed by atoms with Crippen molar-refractivity contribution in [1.82, 2.24) is 25.3 Å². The lowest BCUT2D eigenvalue weighted by Gasteiger charge is -2.22. The summed E-state index contributed by atoms with van der Waals surface area (Å²) in [6.07, 6.45) is 6.56. The Labute approximate surface area is 198 Å². The number of nitrogens with one attached hydrogen (secondary N) is 2. The van der Waals surface area contributed by atoms with Gasteiger partial charge in [-0.1, -0.05) is 32.0 Å². The molecule has 3 N–H and O–H groups in total. The molecule has 2 atom stereocenters. The van der Waals surface area contributed by atoms with Crippen molar-refractivity contribution in [3.05, 3.63) is 78.0 Å². The zero-order valence-corrected chi connectivity index (χ0v) is 19.5. The Morgan fingerprint density at radius 3 is 2.74 bits per heavy atom. The normalized spacial score (nSPS) is 12.8. The standard InChI is InChI=1S/C26H28N6O2/c1-16(11-30-24-10-23(31-15-32-24)19-9-18(14-33)12-28-13-19)17(2)20-5-4-6-21-22(26(34)27-3)7-8-29-25(20)21/h4-10,12-13,15-17,33H,11,14H2,1-3H3,(H,27,34)(H,30,31,32)/t16-,17?/m1/s1. The fourth-order valence-electron chi connectivity index (χ4n) is 3.97. The first-order valence-electron chi connectivity index (χ1n) is 11.2. The summed E-state index contributed by atoms with van der Waals surface area (Å²) in [5.41, 5.74) is 4.88. The number of nitrogens with zero attached hydrogens (tertiary/aromatic N) is 4. The van der Waals surface area contributed by atoms with Gasteiger partial charge in [0, 0.05) is 49.2 Å². The molecule has 3 aromatic heterocycles. The lowest BCUT2D eigenvalue weighted by molar-refractivity contribution is 0.0964. The molecule has 3 heterocycles. The summed E-state index contributed by atoms with van der Waals surface area (Å²) in [5, 5.41) is 16.3. The number of carbonyl (C=O) groups is 1. The summed E-state index contributed by atoms with van der Waals surface area (Å²) in [6, 6.07) is 11.5. The van der Waals surface area contributed by atoms with Gasteiger partial charge < -0.3 is 15.7 Å². The molecular formula is C26H28N6O2. The predicted molar refractivity (Wildman–Crippen MR) is 132 cm³/mol. The van der Waals surface area contributed by atoms with Crippen LogP contribution in [0.1, 0.15) is 41.3 Å².